The summed E-state index contributed by atoms with van der Waals surface area (Å²) < 4.78 is 2.14. The summed E-state index contributed by atoms with van der Waals surface area (Å²) in [5.41, 5.74) is 4.95. The highest BCUT2D eigenvalue weighted by Crippen LogP contribution is 2.56. The van der Waals surface area contributed by atoms with Crippen LogP contribution in [-0.4, -0.2) is 45.6 Å². The molecule has 1 fully saturated rings. The number of aliphatic carboxylic acids is 1. The molecule has 0 bridgehead atoms. The number of carbonyl (C=O) groups is 2. The number of amides is 1. The van der Waals surface area contributed by atoms with Crippen molar-refractivity contribution in [1.82, 2.24) is 14.8 Å². The summed E-state index contributed by atoms with van der Waals surface area (Å²) in [6, 6.07) is 17.0. The molecule has 3 aliphatic rings. The van der Waals surface area contributed by atoms with Crippen LogP contribution in [0.4, 0.5) is 0 Å². The highest BCUT2D eigenvalue weighted by molar-refractivity contribution is 6.17. The standard InChI is InChI=1S/C29H31N3O3/c1-2-29-14-8-15-31-16-13-21-20-11-6-7-12-23(20)32(25(21)26(29)31)24(18-29)27(33)30-22(28(34)35)17-19-9-4-3-5-10-19/h3-7,9-12,18,22,26H,2,8,13-17H2,1H3,(H,30,33)(H,34,35)/t22-,26+,29-/m0/s1. The van der Waals surface area contributed by atoms with Crippen LogP contribution >= 0.6 is 0 Å². The van der Waals surface area contributed by atoms with E-state index >= 15 is 0 Å². The molecular weight excluding hydrogens is 438 g/mol. The Bertz CT molecular complexity index is 1340. The third-order valence-electron chi connectivity index (χ3n) is 8.37. The summed E-state index contributed by atoms with van der Waals surface area (Å²) in [6.07, 6.45) is 6.48. The first-order chi connectivity index (χ1) is 17.0. The van der Waals surface area contributed by atoms with Gasteiger partial charge < -0.3 is 15.0 Å². The van der Waals surface area contributed by atoms with Crippen molar-refractivity contribution in [1.29, 1.82) is 0 Å². The van der Waals surface area contributed by atoms with Gasteiger partial charge in [0.15, 0.2) is 0 Å². The van der Waals surface area contributed by atoms with Crippen LogP contribution in [0.1, 0.15) is 49.0 Å². The molecule has 3 atom stereocenters. The number of para-hydroxylation sites is 1. The Morgan fingerprint density at radius 1 is 1.11 bits per heavy atom. The SMILES string of the molecule is CC[C@@]12C=C(C(=O)N[C@@H](Cc3ccccc3)C(=O)O)n3c4c(c5ccccc53)CCN(CCC1)[C@H]42. The first kappa shape index (κ1) is 22.1. The van der Waals surface area contributed by atoms with Crippen LogP contribution in [0.2, 0.25) is 0 Å². The Labute approximate surface area is 205 Å². The molecule has 0 aliphatic carbocycles. The van der Waals surface area contributed by atoms with Crippen LogP contribution in [0.3, 0.4) is 0 Å². The first-order valence-corrected chi connectivity index (χ1v) is 12.7. The minimum Gasteiger partial charge on any atom is -0.480 e. The van der Waals surface area contributed by atoms with E-state index in [1.165, 1.54) is 16.6 Å². The van der Waals surface area contributed by atoms with Crippen LogP contribution in [0.25, 0.3) is 16.6 Å². The number of hydrogen-bond donors (Lipinski definition) is 2. The molecule has 3 aromatic rings. The van der Waals surface area contributed by atoms with E-state index in [9.17, 15) is 14.7 Å². The van der Waals surface area contributed by atoms with Gasteiger partial charge in [-0.25, -0.2) is 4.79 Å². The van der Waals surface area contributed by atoms with Gasteiger partial charge >= 0.3 is 5.97 Å². The van der Waals surface area contributed by atoms with Gasteiger partial charge in [-0.3, -0.25) is 9.69 Å². The fourth-order valence-electron chi connectivity index (χ4n) is 6.73. The molecule has 6 rings (SSSR count). The molecule has 4 heterocycles. The lowest BCUT2D eigenvalue weighted by atomic mass is 9.66. The lowest BCUT2D eigenvalue weighted by Gasteiger charge is -2.53. The van der Waals surface area contributed by atoms with Gasteiger partial charge in [-0.1, -0.05) is 55.5 Å². The third kappa shape index (κ3) is 3.42. The normalized spacial score (nSPS) is 23.9. The van der Waals surface area contributed by atoms with Crippen LogP contribution < -0.4 is 5.32 Å². The molecule has 1 saturated heterocycles. The Balaban J connectivity index is 1.46. The number of carboxylic acid groups (broad SMARTS) is 1. The number of carbonyl (C=O) groups excluding carboxylic acids is 1. The average molecular weight is 470 g/mol. The lowest BCUT2D eigenvalue weighted by molar-refractivity contribution is -0.141. The van der Waals surface area contributed by atoms with Crippen LogP contribution in [0.15, 0.2) is 60.7 Å². The molecule has 6 nitrogen and oxygen atoms in total. The molecule has 2 aromatic carbocycles. The van der Waals surface area contributed by atoms with E-state index in [2.05, 4.69) is 46.0 Å². The number of rotatable bonds is 6. The van der Waals surface area contributed by atoms with Crippen LogP contribution in [0.5, 0.6) is 0 Å². The van der Waals surface area contributed by atoms with Gasteiger partial charge in [-0.15, -0.1) is 0 Å². The highest BCUT2D eigenvalue weighted by atomic mass is 16.4. The van der Waals surface area contributed by atoms with Crippen molar-refractivity contribution in [2.75, 3.05) is 13.1 Å². The largest absolute Gasteiger partial charge is 0.480 e. The number of benzene rings is 2. The van der Waals surface area contributed by atoms with Gasteiger partial charge in [0.1, 0.15) is 11.7 Å². The molecule has 6 heteroatoms. The van der Waals surface area contributed by atoms with E-state index in [1.54, 1.807) is 0 Å². The van der Waals surface area contributed by atoms with E-state index < -0.39 is 12.0 Å². The van der Waals surface area contributed by atoms with Crippen molar-refractivity contribution in [2.45, 2.75) is 51.1 Å². The topological polar surface area (TPSA) is 74.6 Å². The zero-order valence-electron chi connectivity index (χ0n) is 20.0. The number of hydrogen-bond acceptors (Lipinski definition) is 3. The minimum absolute atomic E-state index is 0.122. The third-order valence-corrected chi connectivity index (χ3v) is 8.37. The van der Waals surface area contributed by atoms with Crippen molar-refractivity contribution in [3.63, 3.8) is 0 Å². The zero-order valence-corrected chi connectivity index (χ0v) is 20.0. The maximum Gasteiger partial charge on any atom is 0.326 e. The molecule has 1 amide bonds. The molecule has 0 spiro atoms. The smallest absolute Gasteiger partial charge is 0.326 e. The summed E-state index contributed by atoms with van der Waals surface area (Å²) >= 11 is 0. The molecule has 0 unspecified atom stereocenters. The molecular formula is C29H31N3O3. The molecule has 3 aliphatic heterocycles. The molecule has 0 radical (unpaired) electrons. The lowest BCUT2D eigenvalue weighted by Crippen LogP contribution is -2.52. The van der Waals surface area contributed by atoms with Gasteiger partial charge in [0, 0.05) is 29.5 Å². The molecule has 1 aromatic heterocycles. The van der Waals surface area contributed by atoms with Crippen LogP contribution in [0, 0.1) is 5.41 Å². The second-order valence-electron chi connectivity index (χ2n) is 10.2. The van der Waals surface area contributed by atoms with Crippen molar-refractivity contribution in [3.05, 3.63) is 77.5 Å². The summed E-state index contributed by atoms with van der Waals surface area (Å²) in [6.45, 7) is 4.35. The van der Waals surface area contributed by atoms with Crippen molar-refractivity contribution >= 4 is 28.5 Å². The first-order valence-electron chi connectivity index (χ1n) is 12.7. The van der Waals surface area contributed by atoms with Gasteiger partial charge in [0.2, 0.25) is 0 Å². The fourth-order valence-corrected chi connectivity index (χ4v) is 6.73. The monoisotopic (exact) mass is 469 g/mol. The van der Waals surface area contributed by atoms with Gasteiger partial charge in [-0.05, 0) is 55.5 Å². The van der Waals surface area contributed by atoms with Gasteiger partial charge in [-0.2, -0.15) is 0 Å². The number of carboxylic acids is 1. The average Bonchev–Trinajstić information content (AvgIpc) is 3.22. The van der Waals surface area contributed by atoms with E-state index in [4.69, 9.17) is 0 Å². The molecule has 2 N–H and O–H groups in total. The number of nitrogens with one attached hydrogen (secondary N) is 1. The van der Waals surface area contributed by atoms with E-state index in [-0.39, 0.29) is 23.8 Å². The number of nitrogens with zero attached hydrogens (tertiary/aromatic N) is 2. The predicted octanol–water partition coefficient (Wildman–Crippen LogP) is 4.40. The van der Waals surface area contributed by atoms with E-state index in [0.717, 1.165) is 49.9 Å². The second-order valence-corrected chi connectivity index (χ2v) is 10.2. The Hall–Kier alpha value is -3.38. The molecule has 180 valence electrons. The Kier molecular flexibility index (Phi) is 5.29. The van der Waals surface area contributed by atoms with E-state index in [0.29, 0.717) is 5.70 Å². The van der Waals surface area contributed by atoms with E-state index in [1.807, 2.05) is 36.4 Å². The van der Waals surface area contributed by atoms with Gasteiger partial charge in [0.05, 0.1) is 11.6 Å². The number of aromatic nitrogens is 1. The Morgan fingerprint density at radius 2 is 1.89 bits per heavy atom. The van der Waals surface area contributed by atoms with Crippen LogP contribution in [-0.2, 0) is 22.4 Å². The maximum absolute atomic E-state index is 13.9. The van der Waals surface area contributed by atoms with Gasteiger partial charge in [0.25, 0.3) is 5.91 Å². The Morgan fingerprint density at radius 3 is 2.66 bits per heavy atom. The molecule has 0 saturated carbocycles. The second kappa shape index (κ2) is 8.38. The minimum atomic E-state index is -1.02. The highest BCUT2D eigenvalue weighted by Gasteiger charge is 2.51. The van der Waals surface area contributed by atoms with Crippen molar-refractivity contribution in [2.24, 2.45) is 5.41 Å². The van der Waals surface area contributed by atoms with Crippen molar-refractivity contribution in [3.8, 4) is 0 Å². The molecule has 35 heavy (non-hydrogen) atoms. The maximum atomic E-state index is 13.9. The summed E-state index contributed by atoms with van der Waals surface area (Å²) in [5.74, 6) is -1.34. The quantitative estimate of drug-likeness (QED) is 0.561. The summed E-state index contributed by atoms with van der Waals surface area (Å²) in [7, 11) is 0. The zero-order chi connectivity index (χ0) is 24.2. The predicted molar refractivity (Wildman–Crippen MR) is 136 cm³/mol. The summed E-state index contributed by atoms with van der Waals surface area (Å²) in [5, 5.41) is 14.0. The number of piperidine rings is 1. The van der Waals surface area contributed by atoms with Crippen molar-refractivity contribution < 1.29 is 14.7 Å². The fraction of sp³-hybridized carbons (Fsp3) is 0.379. The summed E-state index contributed by atoms with van der Waals surface area (Å²) in [4.78, 5) is 28.6. The number of fused-ring (bicyclic) bond motifs is 3.